The van der Waals surface area contributed by atoms with Crippen LogP contribution in [0.3, 0.4) is 0 Å². The minimum atomic E-state index is 0.460. The Balaban J connectivity index is 1.84. The molecule has 86 valence electrons. The van der Waals surface area contributed by atoms with Crippen LogP contribution < -0.4 is 5.73 Å². The third-order valence-corrected chi connectivity index (χ3v) is 3.57. The fraction of sp³-hybridized carbons (Fsp3) is 0.462. The number of benzene rings is 1. The molecule has 0 atom stereocenters. The van der Waals surface area contributed by atoms with Crippen LogP contribution in [0.15, 0.2) is 30.3 Å². The summed E-state index contributed by atoms with van der Waals surface area (Å²) in [5, 5.41) is 0. The first-order chi connectivity index (χ1) is 7.75. The van der Waals surface area contributed by atoms with E-state index < -0.39 is 0 Å². The molecule has 0 unspecified atom stereocenters. The van der Waals surface area contributed by atoms with Crippen molar-refractivity contribution in [2.45, 2.75) is 19.4 Å². The van der Waals surface area contributed by atoms with E-state index in [-0.39, 0.29) is 0 Å². The van der Waals surface area contributed by atoms with Gasteiger partial charge in [-0.3, -0.25) is 4.90 Å². The average molecular weight is 234 g/mol. The van der Waals surface area contributed by atoms with Crippen molar-refractivity contribution in [3.05, 3.63) is 35.9 Å². The number of hydrogen-bond acceptors (Lipinski definition) is 2. The summed E-state index contributed by atoms with van der Waals surface area (Å²) >= 11 is 5.04. The van der Waals surface area contributed by atoms with Gasteiger partial charge in [-0.1, -0.05) is 42.5 Å². The quantitative estimate of drug-likeness (QED) is 0.813. The third-order valence-electron chi connectivity index (χ3n) is 3.24. The van der Waals surface area contributed by atoms with E-state index in [0.29, 0.717) is 10.9 Å². The van der Waals surface area contributed by atoms with Gasteiger partial charge in [-0.2, -0.15) is 0 Å². The lowest BCUT2D eigenvalue weighted by molar-refractivity contribution is 0.202. The molecule has 1 heterocycles. The van der Waals surface area contributed by atoms with Gasteiger partial charge in [0.05, 0.1) is 4.99 Å². The van der Waals surface area contributed by atoms with Gasteiger partial charge in [0.1, 0.15) is 0 Å². The average Bonchev–Trinajstić information content (AvgIpc) is 2.31. The van der Waals surface area contributed by atoms with Crippen molar-refractivity contribution < 1.29 is 0 Å². The molecule has 0 spiro atoms. The molecule has 2 N–H and O–H groups in total. The number of hydrogen-bond donors (Lipinski definition) is 1. The second-order valence-corrected chi connectivity index (χ2v) is 4.91. The summed E-state index contributed by atoms with van der Waals surface area (Å²) in [5.41, 5.74) is 7.06. The van der Waals surface area contributed by atoms with Crippen LogP contribution in [0.5, 0.6) is 0 Å². The maximum atomic E-state index is 5.68. The smallest absolute Gasteiger partial charge is 0.0759 e. The highest BCUT2D eigenvalue weighted by molar-refractivity contribution is 7.80. The minimum Gasteiger partial charge on any atom is -0.393 e. The van der Waals surface area contributed by atoms with Crippen LogP contribution in [0, 0.1) is 5.92 Å². The fourth-order valence-electron chi connectivity index (χ4n) is 2.22. The number of thiocarbonyl (C=S) groups is 1. The summed E-state index contributed by atoms with van der Waals surface area (Å²) in [6.45, 7) is 3.26. The molecular formula is C13H18N2S. The molecule has 3 heteroatoms. The summed E-state index contributed by atoms with van der Waals surface area (Å²) in [5.74, 6) is 0.460. The molecule has 1 saturated heterocycles. The predicted octanol–water partition coefficient (Wildman–Crippen LogP) is 2.18. The maximum absolute atomic E-state index is 5.68. The van der Waals surface area contributed by atoms with Gasteiger partial charge in [-0.15, -0.1) is 0 Å². The first-order valence-electron chi connectivity index (χ1n) is 5.81. The zero-order chi connectivity index (χ0) is 11.4. The Morgan fingerprint density at radius 3 is 2.44 bits per heavy atom. The normalized spacial score (nSPS) is 18.5. The second-order valence-electron chi connectivity index (χ2n) is 4.44. The van der Waals surface area contributed by atoms with Gasteiger partial charge in [0, 0.05) is 12.5 Å². The highest BCUT2D eigenvalue weighted by Gasteiger charge is 2.20. The lowest BCUT2D eigenvalue weighted by atomic mass is 9.96. The SMILES string of the molecule is NC(=S)C1CCN(Cc2ccccc2)CC1. The lowest BCUT2D eigenvalue weighted by Gasteiger charge is -2.31. The van der Waals surface area contributed by atoms with Gasteiger partial charge in [-0.25, -0.2) is 0 Å². The van der Waals surface area contributed by atoms with E-state index in [9.17, 15) is 0 Å². The van der Waals surface area contributed by atoms with E-state index >= 15 is 0 Å². The number of nitrogens with two attached hydrogens (primary N) is 1. The highest BCUT2D eigenvalue weighted by atomic mass is 32.1. The Kier molecular flexibility index (Phi) is 3.91. The van der Waals surface area contributed by atoms with E-state index in [1.165, 1.54) is 5.56 Å². The van der Waals surface area contributed by atoms with E-state index in [1.54, 1.807) is 0 Å². The Bertz CT molecular complexity index is 342. The van der Waals surface area contributed by atoms with Crippen LogP contribution in [0.1, 0.15) is 18.4 Å². The zero-order valence-electron chi connectivity index (χ0n) is 9.43. The van der Waals surface area contributed by atoms with Crippen molar-refractivity contribution in [3.8, 4) is 0 Å². The minimum absolute atomic E-state index is 0.460. The summed E-state index contributed by atoms with van der Waals surface area (Å²) in [7, 11) is 0. The van der Waals surface area contributed by atoms with E-state index in [1.807, 2.05) is 0 Å². The van der Waals surface area contributed by atoms with Crippen LogP contribution >= 0.6 is 12.2 Å². The molecule has 0 aromatic heterocycles. The molecule has 2 nitrogen and oxygen atoms in total. The number of rotatable bonds is 3. The zero-order valence-corrected chi connectivity index (χ0v) is 10.2. The predicted molar refractivity (Wildman–Crippen MR) is 71.2 cm³/mol. The summed E-state index contributed by atoms with van der Waals surface area (Å²) in [4.78, 5) is 3.17. The number of nitrogens with zero attached hydrogens (tertiary/aromatic N) is 1. The second kappa shape index (κ2) is 5.41. The van der Waals surface area contributed by atoms with Crippen molar-refractivity contribution >= 4 is 17.2 Å². The van der Waals surface area contributed by atoms with E-state index in [0.717, 1.165) is 32.5 Å². The monoisotopic (exact) mass is 234 g/mol. The van der Waals surface area contributed by atoms with Crippen LogP contribution in [-0.2, 0) is 6.54 Å². The molecule has 16 heavy (non-hydrogen) atoms. The molecule has 1 aliphatic rings. The Labute approximate surface area is 102 Å². The molecule has 0 radical (unpaired) electrons. The Hall–Kier alpha value is -0.930. The largest absolute Gasteiger partial charge is 0.393 e. The molecule has 1 aromatic rings. The molecule has 1 aliphatic heterocycles. The van der Waals surface area contributed by atoms with Gasteiger partial charge in [0.15, 0.2) is 0 Å². The molecule has 0 aliphatic carbocycles. The topological polar surface area (TPSA) is 29.3 Å². The summed E-state index contributed by atoms with van der Waals surface area (Å²) in [6.07, 6.45) is 2.23. The van der Waals surface area contributed by atoms with Crippen molar-refractivity contribution in [1.29, 1.82) is 0 Å². The Morgan fingerprint density at radius 1 is 1.25 bits per heavy atom. The van der Waals surface area contributed by atoms with Crippen molar-refractivity contribution in [1.82, 2.24) is 4.90 Å². The molecule has 1 aromatic carbocycles. The van der Waals surface area contributed by atoms with Crippen molar-refractivity contribution in [3.63, 3.8) is 0 Å². The fourth-order valence-corrected chi connectivity index (χ4v) is 2.45. The number of likely N-dealkylation sites (tertiary alicyclic amines) is 1. The molecule has 1 fully saturated rings. The standard InChI is InChI=1S/C13H18N2S/c14-13(16)12-6-8-15(9-7-12)10-11-4-2-1-3-5-11/h1-5,12H,6-10H2,(H2,14,16). The van der Waals surface area contributed by atoms with Crippen LogP contribution in [0.4, 0.5) is 0 Å². The maximum Gasteiger partial charge on any atom is 0.0759 e. The highest BCUT2D eigenvalue weighted by Crippen LogP contribution is 2.19. The van der Waals surface area contributed by atoms with E-state index in [4.69, 9.17) is 18.0 Å². The molecule has 0 bridgehead atoms. The van der Waals surface area contributed by atoms with Crippen molar-refractivity contribution in [2.24, 2.45) is 11.7 Å². The first kappa shape index (κ1) is 11.6. The van der Waals surface area contributed by atoms with Gasteiger partial charge in [0.25, 0.3) is 0 Å². The molecular weight excluding hydrogens is 216 g/mol. The van der Waals surface area contributed by atoms with Gasteiger partial charge in [0.2, 0.25) is 0 Å². The van der Waals surface area contributed by atoms with Gasteiger partial charge < -0.3 is 5.73 Å². The third kappa shape index (κ3) is 3.03. The Morgan fingerprint density at radius 2 is 1.88 bits per heavy atom. The summed E-state index contributed by atoms with van der Waals surface area (Å²) in [6, 6.07) is 10.6. The van der Waals surface area contributed by atoms with Gasteiger partial charge >= 0.3 is 0 Å². The van der Waals surface area contributed by atoms with E-state index in [2.05, 4.69) is 35.2 Å². The van der Waals surface area contributed by atoms with Crippen molar-refractivity contribution in [2.75, 3.05) is 13.1 Å². The molecule has 0 saturated carbocycles. The summed E-state index contributed by atoms with van der Waals surface area (Å²) < 4.78 is 0. The lowest BCUT2D eigenvalue weighted by Crippen LogP contribution is -2.37. The first-order valence-corrected chi connectivity index (χ1v) is 6.22. The van der Waals surface area contributed by atoms with Crippen LogP contribution in [0.2, 0.25) is 0 Å². The van der Waals surface area contributed by atoms with Crippen LogP contribution in [-0.4, -0.2) is 23.0 Å². The number of piperidine rings is 1. The van der Waals surface area contributed by atoms with Gasteiger partial charge in [-0.05, 0) is 31.5 Å². The molecule has 0 amide bonds. The van der Waals surface area contributed by atoms with Crippen LogP contribution in [0.25, 0.3) is 0 Å². The molecule has 2 rings (SSSR count).